The number of fused-ring (bicyclic) bond motifs is 4. The molecule has 6 atom stereocenters. The van der Waals surface area contributed by atoms with E-state index >= 15 is 0 Å². The van der Waals surface area contributed by atoms with Crippen LogP contribution in [0.5, 0.6) is 0 Å². The fraction of sp³-hybridized carbons (Fsp3) is 0.700. The van der Waals surface area contributed by atoms with Gasteiger partial charge in [0, 0.05) is 0 Å². The second-order valence-electron chi connectivity index (χ2n) is 8.80. The van der Waals surface area contributed by atoms with Gasteiger partial charge in [-0.3, -0.25) is 4.55 Å². The molecule has 0 amide bonds. The van der Waals surface area contributed by atoms with Gasteiger partial charge in [0.1, 0.15) is 4.90 Å². The molecule has 0 aliphatic heterocycles. The van der Waals surface area contributed by atoms with E-state index in [0.29, 0.717) is 28.6 Å². The van der Waals surface area contributed by atoms with E-state index in [1.807, 2.05) is 18.2 Å². The molecule has 6 unspecified atom stereocenters. The summed E-state index contributed by atoms with van der Waals surface area (Å²) in [6, 6.07) is 5.99. The highest BCUT2D eigenvalue weighted by atomic mass is 32.2. The Bertz CT molecular complexity index is 723. The molecule has 4 aliphatic rings. The molecule has 4 bridgehead atoms. The molecule has 4 saturated carbocycles. The molecule has 24 heavy (non-hydrogen) atoms. The molecular weight excluding hydrogens is 320 g/mol. The highest BCUT2D eigenvalue weighted by molar-refractivity contribution is 7.86. The van der Waals surface area contributed by atoms with Crippen molar-refractivity contribution in [2.24, 2.45) is 23.7 Å². The molecule has 1 aromatic rings. The quantitative estimate of drug-likeness (QED) is 0.804. The van der Waals surface area contributed by atoms with E-state index in [0.717, 1.165) is 35.8 Å². The Hall–Kier alpha value is -0.870. The van der Waals surface area contributed by atoms with E-state index in [1.165, 1.54) is 38.5 Å². The summed E-state index contributed by atoms with van der Waals surface area (Å²) in [5.74, 6) is 3.43. The van der Waals surface area contributed by atoms with Gasteiger partial charge in [-0.2, -0.15) is 8.42 Å². The van der Waals surface area contributed by atoms with Gasteiger partial charge < -0.3 is 0 Å². The summed E-state index contributed by atoms with van der Waals surface area (Å²) in [4.78, 5) is 0.292. The first-order valence-electron chi connectivity index (χ1n) is 9.61. The molecule has 0 aromatic heterocycles. The van der Waals surface area contributed by atoms with E-state index in [2.05, 4.69) is 0 Å². The summed E-state index contributed by atoms with van der Waals surface area (Å²) < 4.78 is 34.8. The zero-order chi connectivity index (χ0) is 16.5. The SMILES string of the molecule is O=S(=O)(O)c1c(C2CC3CCC2C3)cccc1C1CC2CCC1C2. The maximum atomic E-state index is 12.4. The van der Waals surface area contributed by atoms with Gasteiger partial charge in [-0.15, -0.1) is 0 Å². The molecule has 3 nitrogen and oxygen atoms in total. The maximum absolute atomic E-state index is 12.4. The lowest BCUT2D eigenvalue weighted by Crippen LogP contribution is -2.18. The van der Waals surface area contributed by atoms with Gasteiger partial charge in [-0.05, 0) is 85.2 Å². The van der Waals surface area contributed by atoms with Gasteiger partial charge >= 0.3 is 0 Å². The lowest BCUT2D eigenvalue weighted by atomic mass is 9.79. The van der Waals surface area contributed by atoms with Crippen LogP contribution >= 0.6 is 0 Å². The Labute approximate surface area is 144 Å². The summed E-state index contributed by atoms with van der Waals surface area (Å²) in [6.45, 7) is 0. The first kappa shape index (κ1) is 15.4. The minimum absolute atomic E-state index is 0.292. The standard InChI is InChI=1S/C20H26O3S/c21-24(22,23)20-16(18-10-12-4-6-14(18)8-12)2-1-3-17(20)19-11-13-5-7-15(19)9-13/h1-3,12-15,18-19H,4-11H2,(H,21,22,23). The summed E-state index contributed by atoms with van der Waals surface area (Å²) >= 11 is 0. The minimum atomic E-state index is -4.17. The molecule has 0 heterocycles. The highest BCUT2D eigenvalue weighted by Gasteiger charge is 2.45. The van der Waals surface area contributed by atoms with Gasteiger partial charge in [0.15, 0.2) is 0 Å². The monoisotopic (exact) mass is 346 g/mol. The fourth-order valence-electron chi connectivity index (χ4n) is 6.71. The van der Waals surface area contributed by atoms with Crippen molar-refractivity contribution in [1.82, 2.24) is 0 Å². The average molecular weight is 346 g/mol. The van der Waals surface area contributed by atoms with E-state index in [9.17, 15) is 13.0 Å². The molecule has 5 rings (SSSR count). The molecule has 0 spiro atoms. The van der Waals surface area contributed by atoms with Crippen LogP contribution in [0.3, 0.4) is 0 Å². The van der Waals surface area contributed by atoms with Crippen molar-refractivity contribution < 1.29 is 13.0 Å². The van der Waals surface area contributed by atoms with Crippen molar-refractivity contribution in [2.75, 3.05) is 0 Å². The van der Waals surface area contributed by atoms with Crippen molar-refractivity contribution in [3.8, 4) is 0 Å². The number of benzene rings is 1. The Balaban J connectivity index is 1.62. The number of hydrogen-bond acceptors (Lipinski definition) is 2. The van der Waals surface area contributed by atoms with Crippen molar-refractivity contribution in [3.05, 3.63) is 29.3 Å². The van der Waals surface area contributed by atoms with Crippen LogP contribution in [0.2, 0.25) is 0 Å². The molecule has 1 aromatic carbocycles. The second-order valence-corrected chi connectivity index (χ2v) is 10.2. The molecule has 0 saturated heterocycles. The lowest BCUT2D eigenvalue weighted by Gasteiger charge is -2.28. The van der Waals surface area contributed by atoms with Crippen LogP contribution in [-0.2, 0) is 10.1 Å². The summed E-state index contributed by atoms with van der Waals surface area (Å²) in [5.41, 5.74) is 1.84. The lowest BCUT2D eigenvalue weighted by molar-refractivity contribution is 0.398. The van der Waals surface area contributed by atoms with E-state index < -0.39 is 10.1 Å². The van der Waals surface area contributed by atoms with Gasteiger partial charge in [-0.25, -0.2) is 0 Å². The Morgan fingerprint density at radius 3 is 1.62 bits per heavy atom. The third-order valence-corrected chi connectivity index (χ3v) is 8.60. The second kappa shape index (κ2) is 5.31. The van der Waals surface area contributed by atoms with Gasteiger partial charge in [0.05, 0.1) is 0 Å². The largest absolute Gasteiger partial charge is 0.295 e. The van der Waals surface area contributed by atoms with Crippen LogP contribution < -0.4 is 0 Å². The van der Waals surface area contributed by atoms with Crippen molar-refractivity contribution in [3.63, 3.8) is 0 Å². The average Bonchev–Trinajstić information content (AvgIpc) is 3.33. The normalized spacial score (nSPS) is 40.5. The van der Waals surface area contributed by atoms with Crippen LogP contribution in [0, 0.1) is 23.7 Å². The topological polar surface area (TPSA) is 54.4 Å². The van der Waals surface area contributed by atoms with Crippen molar-refractivity contribution in [1.29, 1.82) is 0 Å². The third-order valence-electron chi connectivity index (χ3n) is 7.61. The third kappa shape index (κ3) is 2.29. The summed E-state index contributed by atoms with van der Waals surface area (Å²) in [7, 11) is -4.17. The van der Waals surface area contributed by atoms with Crippen LogP contribution in [0.4, 0.5) is 0 Å². The first-order valence-corrected chi connectivity index (χ1v) is 11.0. The van der Waals surface area contributed by atoms with E-state index in [1.54, 1.807) is 0 Å². The molecular formula is C20H26O3S. The zero-order valence-corrected chi connectivity index (χ0v) is 14.8. The summed E-state index contributed by atoms with van der Waals surface area (Å²) in [6.07, 6.45) is 9.74. The van der Waals surface area contributed by atoms with Crippen LogP contribution in [0.15, 0.2) is 23.1 Å². The number of hydrogen-bond donors (Lipinski definition) is 1. The highest BCUT2D eigenvalue weighted by Crippen LogP contribution is 2.57. The molecule has 1 N–H and O–H groups in total. The van der Waals surface area contributed by atoms with Crippen LogP contribution in [0.25, 0.3) is 0 Å². The van der Waals surface area contributed by atoms with Gasteiger partial charge in [0.2, 0.25) is 0 Å². The predicted octanol–water partition coefficient (Wildman–Crippen LogP) is 4.74. The smallest absolute Gasteiger partial charge is 0.282 e. The molecule has 130 valence electrons. The maximum Gasteiger partial charge on any atom is 0.295 e. The fourth-order valence-corrected chi connectivity index (χ4v) is 7.74. The van der Waals surface area contributed by atoms with E-state index in [-0.39, 0.29) is 0 Å². The van der Waals surface area contributed by atoms with Crippen LogP contribution in [0.1, 0.15) is 74.3 Å². The Morgan fingerprint density at radius 1 is 0.792 bits per heavy atom. The van der Waals surface area contributed by atoms with Crippen LogP contribution in [-0.4, -0.2) is 13.0 Å². The molecule has 4 aliphatic carbocycles. The Morgan fingerprint density at radius 2 is 1.29 bits per heavy atom. The van der Waals surface area contributed by atoms with E-state index in [4.69, 9.17) is 0 Å². The van der Waals surface area contributed by atoms with Crippen molar-refractivity contribution >= 4 is 10.1 Å². The van der Waals surface area contributed by atoms with Gasteiger partial charge in [0.25, 0.3) is 10.1 Å². The first-order chi connectivity index (χ1) is 11.5. The molecule has 4 heteroatoms. The Kier molecular flexibility index (Phi) is 3.41. The summed E-state index contributed by atoms with van der Waals surface area (Å²) in [5, 5.41) is 0. The van der Waals surface area contributed by atoms with Gasteiger partial charge in [-0.1, -0.05) is 31.0 Å². The molecule has 0 radical (unpaired) electrons. The zero-order valence-electron chi connectivity index (χ0n) is 14.0. The minimum Gasteiger partial charge on any atom is -0.282 e. The number of rotatable bonds is 3. The molecule has 4 fully saturated rings. The predicted molar refractivity (Wildman–Crippen MR) is 92.6 cm³/mol. The van der Waals surface area contributed by atoms with Crippen molar-refractivity contribution in [2.45, 2.75) is 68.1 Å².